The van der Waals surface area contributed by atoms with Crippen LogP contribution in [0, 0.1) is 5.92 Å². The number of likely N-dealkylation sites (tertiary alicyclic amines) is 1. The van der Waals surface area contributed by atoms with Crippen molar-refractivity contribution in [3.63, 3.8) is 0 Å². The maximum Gasteiger partial charge on any atom is 0.0603 e. The number of nitrogens with zero attached hydrogens (tertiary/aromatic N) is 2. The van der Waals surface area contributed by atoms with Crippen LogP contribution >= 0.6 is 12.8 Å². The first-order valence-electron chi connectivity index (χ1n) is 8.58. The normalized spacial score (nSPS) is 34.0. The van der Waals surface area contributed by atoms with E-state index in [1.807, 2.05) is 0 Å². The van der Waals surface area contributed by atoms with Crippen LogP contribution in [0.25, 0.3) is 0 Å². The summed E-state index contributed by atoms with van der Waals surface area (Å²) in [6.07, 6.45) is 8.56. The molecule has 0 radical (unpaired) electrons. The maximum absolute atomic E-state index is 6.21. The van der Waals surface area contributed by atoms with Crippen molar-refractivity contribution in [2.75, 3.05) is 39.8 Å². The van der Waals surface area contributed by atoms with E-state index < -0.39 is 0 Å². The maximum atomic E-state index is 6.21. The van der Waals surface area contributed by atoms with Gasteiger partial charge in [-0.05, 0) is 51.5 Å². The summed E-state index contributed by atoms with van der Waals surface area (Å²) in [6, 6.07) is 0. The summed E-state index contributed by atoms with van der Waals surface area (Å²) in [4.78, 5) is 2.40. The van der Waals surface area contributed by atoms with Crippen molar-refractivity contribution in [3.05, 3.63) is 0 Å². The molecule has 3 rings (SSSR count). The molecule has 0 aromatic rings. The SMILES string of the molecule is CN1CCC(OC2CC(COC3CCN(S)CC3)C2)CC1. The first-order chi connectivity index (χ1) is 10.2. The highest BCUT2D eigenvalue weighted by molar-refractivity contribution is 7.77. The smallest absolute Gasteiger partial charge is 0.0603 e. The zero-order chi connectivity index (χ0) is 14.7. The van der Waals surface area contributed by atoms with Crippen LogP contribution in [-0.2, 0) is 9.47 Å². The molecule has 0 aromatic heterocycles. The van der Waals surface area contributed by atoms with Crippen LogP contribution < -0.4 is 0 Å². The predicted molar refractivity (Wildman–Crippen MR) is 87.6 cm³/mol. The zero-order valence-electron chi connectivity index (χ0n) is 13.2. The van der Waals surface area contributed by atoms with Crippen molar-refractivity contribution in [1.82, 2.24) is 9.21 Å². The van der Waals surface area contributed by atoms with Gasteiger partial charge in [0.2, 0.25) is 0 Å². The molecule has 5 heteroatoms. The molecular formula is C16H30N2O2S. The molecule has 0 amide bonds. The number of rotatable bonds is 5. The molecule has 0 unspecified atom stereocenters. The summed E-state index contributed by atoms with van der Waals surface area (Å²) in [6.45, 7) is 5.42. The molecular weight excluding hydrogens is 284 g/mol. The number of hydrogen-bond acceptors (Lipinski definition) is 5. The molecule has 0 atom stereocenters. The Morgan fingerprint density at radius 3 is 2.19 bits per heavy atom. The van der Waals surface area contributed by atoms with E-state index in [1.165, 1.54) is 38.8 Å². The van der Waals surface area contributed by atoms with E-state index in [1.54, 1.807) is 0 Å². The third-order valence-corrected chi connectivity index (χ3v) is 5.63. The Labute approximate surface area is 134 Å². The number of ether oxygens (including phenoxy) is 2. The van der Waals surface area contributed by atoms with Crippen LogP contribution in [0.1, 0.15) is 38.5 Å². The quantitative estimate of drug-likeness (QED) is 0.787. The van der Waals surface area contributed by atoms with E-state index in [9.17, 15) is 0 Å². The Morgan fingerprint density at radius 1 is 0.905 bits per heavy atom. The lowest BCUT2D eigenvalue weighted by molar-refractivity contribution is -0.113. The second-order valence-corrected chi connectivity index (χ2v) is 7.65. The molecule has 2 aliphatic heterocycles. The van der Waals surface area contributed by atoms with Gasteiger partial charge >= 0.3 is 0 Å². The van der Waals surface area contributed by atoms with E-state index in [2.05, 4.69) is 29.1 Å². The fraction of sp³-hybridized carbons (Fsp3) is 1.00. The summed E-state index contributed by atoms with van der Waals surface area (Å²) in [7, 11) is 2.20. The molecule has 2 heterocycles. The Kier molecular flexibility index (Phi) is 5.85. The third-order valence-electron chi connectivity index (χ3n) is 5.23. The van der Waals surface area contributed by atoms with E-state index in [-0.39, 0.29) is 0 Å². The summed E-state index contributed by atoms with van der Waals surface area (Å²) in [5.41, 5.74) is 0. The minimum Gasteiger partial charge on any atom is -0.378 e. The molecule has 122 valence electrons. The van der Waals surface area contributed by atoms with Crippen molar-refractivity contribution in [1.29, 1.82) is 0 Å². The van der Waals surface area contributed by atoms with E-state index in [4.69, 9.17) is 9.47 Å². The van der Waals surface area contributed by atoms with Crippen LogP contribution in [0.15, 0.2) is 0 Å². The lowest BCUT2D eigenvalue weighted by atomic mass is 9.82. The van der Waals surface area contributed by atoms with Gasteiger partial charge in [-0.2, -0.15) is 0 Å². The predicted octanol–water partition coefficient (Wildman–Crippen LogP) is 2.20. The Hall–Kier alpha value is 0.190. The second-order valence-electron chi connectivity index (χ2n) is 7.08. The van der Waals surface area contributed by atoms with Crippen LogP contribution in [0.2, 0.25) is 0 Å². The number of piperidine rings is 2. The molecule has 1 saturated carbocycles. The average Bonchev–Trinajstić information content (AvgIpc) is 2.45. The molecule has 21 heavy (non-hydrogen) atoms. The van der Waals surface area contributed by atoms with Gasteiger partial charge in [-0.3, -0.25) is 4.31 Å². The molecule has 3 fully saturated rings. The van der Waals surface area contributed by atoms with Crippen LogP contribution in [0.3, 0.4) is 0 Å². The number of hydrogen-bond donors (Lipinski definition) is 1. The summed E-state index contributed by atoms with van der Waals surface area (Å²) < 4.78 is 14.4. The Morgan fingerprint density at radius 2 is 1.52 bits per heavy atom. The van der Waals surface area contributed by atoms with Crippen molar-refractivity contribution >= 4 is 12.8 Å². The first-order valence-corrected chi connectivity index (χ1v) is 8.98. The number of thiol groups is 1. The van der Waals surface area contributed by atoms with Crippen molar-refractivity contribution in [2.45, 2.75) is 56.8 Å². The van der Waals surface area contributed by atoms with Gasteiger partial charge in [-0.1, -0.05) is 12.8 Å². The molecule has 0 N–H and O–H groups in total. The van der Waals surface area contributed by atoms with E-state index in [0.717, 1.165) is 38.5 Å². The Bertz CT molecular complexity index is 309. The molecule has 0 aromatic carbocycles. The molecule has 0 bridgehead atoms. The molecule has 2 saturated heterocycles. The molecule has 3 aliphatic rings. The summed E-state index contributed by atoms with van der Waals surface area (Å²) in [5.74, 6) is 0.732. The highest BCUT2D eigenvalue weighted by Gasteiger charge is 2.33. The lowest BCUT2D eigenvalue weighted by Gasteiger charge is -2.40. The van der Waals surface area contributed by atoms with Gasteiger partial charge in [0, 0.05) is 32.8 Å². The molecule has 0 spiro atoms. The monoisotopic (exact) mass is 314 g/mol. The second kappa shape index (κ2) is 7.64. The van der Waals surface area contributed by atoms with E-state index in [0.29, 0.717) is 18.3 Å². The molecule has 1 aliphatic carbocycles. The summed E-state index contributed by atoms with van der Waals surface area (Å²) in [5, 5.41) is 0. The van der Waals surface area contributed by atoms with Crippen molar-refractivity contribution in [3.8, 4) is 0 Å². The van der Waals surface area contributed by atoms with Gasteiger partial charge in [0.05, 0.1) is 18.3 Å². The topological polar surface area (TPSA) is 24.9 Å². The third kappa shape index (κ3) is 4.83. The van der Waals surface area contributed by atoms with Crippen LogP contribution in [0.4, 0.5) is 0 Å². The zero-order valence-corrected chi connectivity index (χ0v) is 14.1. The molecule has 4 nitrogen and oxygen atoms in total. The van der Waals surface area contributed by atoms with Gasteiger partial charge in [0.15, 0.2) is 0 Å². The van der Waals surface area contributed by atoms with Crippen molar-refractivity contribution in [2.24, 2.45) is 5.92 Å². The first kappa shape index (κ1) is 16.1. The van der Waals surface area contributed by atoms with Crippen LogP contribution in [-0.4, -0.2) is 67.4 Å². The van der Waals surface area contributed by atoms with Crippen molar-refractivity contribution < 1.29 is 9.47 Å². The fourth-order valence-electron chi connectivity index (χ4n) is 3.60. The summed E-state index contributed by atoms with van der Waals surface area (Å²) >= 11 is 4.38. The standard InChI is InChI=1S/C16H30N2O2S/c1-17-6-2-15(3-7-17)20-16-10-13(11-16)12-19-14-4-8-18(21)9-5-14/h13-16,21H,2-12H2,1H3. The minimum atomic E-state index is 0.460. The van der Waals surface area contributed by atoms with Crippen LogP contribution in [0.5, 0.6) is 0 Å². The van der Waals surface area contributed by atoms with Gasteiger partial charge in [-0.15, -0.1) is 0 Å². The fourth-order valence-corrected chi connectivity index (χ4v) is 3.83. The lowest BCUT2D eigenvalue weighted by Crippen LogP contribution is -2.41. The van der Waals surface area contributed by atoms with Gasteiger partial charge in [-0.25, -0.2) is 0 Å². The highest BCUT2D eigenvalue weighted by atomic mass is 32.1. The highest BCUT2D eigenvalue weighted by Crippen LogP contribution is 2.33. The van der Waals surface area contributed by atoms with E-state index >= 15 is 0 Å². The minimum absolute atomic E-state index is 0.460. The van der Waals surface area contributed by atoms with Gasteiger partial charge < -0.3 is 14.4 Å². The Balaban J connectivity index is 1.24. The average molecular weight is 314 g/mol. The van der Waals surface area contributed by atoms with Gasteiger partial charge in [0.1, 0.15) is 0 Å². The van der Waals surface area contributed by atoms with Gasteiger partial charge in [0.25, 0.3) is 0 Å². The largest absolute Gasteiger partial charge is 0.378 e.